The molecule has 1 saturated heterocycles. The van der Waals surface area contributed by atoms with Crippen molar-refractivity contribution >= 4 is 15.0 Å². The third kappa shape index (κ3) is 1.44. The van der Waals surface area contributed by atoms with Gasteiger partial charge in [-0.25, -0.2) is 13.4 Å². The van der Waals surface area contributed by atoms with Gasteiger partial charge in [-0.3, -0.25) is 0 Å². The van der Waals surface area contributed by atoms with Crippen LogP contribution in [0.5, 0.6) is 0 Å². The summed E-state index contributed by atoms with van der Waals surface area (Å²) >= 11 is 0. The summed E-state index contributed by atoms with van der Waals surface area (Å²) in [5.74, 6) is 0. The molecule has 2 aliphatic rings. The predicted molar refractivity (Wildman–Crippen MR) is 52.5 cm³/mol. The Morgan fingerprint density at radius 2 is 2.07 bits per heavy atom. The molecule has 2 aliphatic heterocycles. The van der Waals surface area contributed by atoms with Gasteiger partial charge in [0.1, 0.15) is 0 Å². The maximum Gasteiger partial charge on any atom is 0.237 e. The summed E-state index contributed by atoms with van der Waals surface area (Å²) in [4.78, 5) is 6.00. The average Bonchev–Trinajstić information content (AvgIpc) is 2.44. The Bertz CT molecular complexity index is 391. The zero-order valence-corrected chi connectivity index (χ0v) is 8.75. The van der Waals surface area contributed by atoms with Gasteiger partial charge in [0.15, 0.2) is 0 Å². The molecule has 2 rings (SSSR count). The predicted octanol–water partition coefficient (Wildman–Crippen LogP) is -0.0357. The van der Waals surface area contributed by atoms with E-state index in [1.54, 1.807) is 11.8 Å². The fourth-order valence-electron chi connectivity index (χ4n) is 1.44. The van der Waals surface area contributed by atoms with Crippen molar-refractivity contribution in [2.75, 3.05) is 26.3 Å². The molecular weight excluding hydrogens is 204 g/mol. The van der Waals surface area contributed by atoms with Crippen LogP contribution in [0, 0.1) is 0 Å². The summed E-state index contributed by atoms with van der Waals surface area (Å²) in [6.07, 6.45) is 1.40. The molecule has 0 aromatic heterocycles. The van der Waals surface area contributed by atoms with Crippen molar-refractivity contribution < 1.29 is 13.2 Å². The van der Waals surface area contributed by atoms with Gasteiger partial charge in [0.05, 0.1) is 18.1 Å². The summed E-state index contributed by atoms with van der Waals surface area (Å²) in [7, 11) is -3.28. The zero-order valence-electron chi connectivity index (χ0n) is 7.93. The number of hydrogen-bond acceptors (Lipinski definition) is 5. The van der Waals surface area contributed by atoms with Crippen LogP contribution >= 0.6 is 0 Å². The van der Waals surface area contributed by atoms with E-state index in [9.17, 15) is 8.42 Å². The fraction of sp³-hybridized carbons (Fsp3) is 0.625. The molecule has 78 valence electrons. The molecule has 6 heteroatoms. The Morgan fingerprint density at radius 3 is 2.57 bits per heavy atom. The van der Waals surface area contributed by atoms with Crippen LogP contribution in [0.2, 0.25) is 0 Å². The number of ether oxygens (including phenoxy) is 1. The highest BCUT2D eigenvalue weighted by molar-refractivity contribution is 8.09. The summed E-state index contributed by atoms with van der Waals surface area (Å²) in [5, 5.41) is 0.179. The van der Waals surface area contributed by atoms with E-state index in [1.165, 1.54) is 6.20 Å². The molecule has 0 spiro atoms. The highest BCUT2D eigenvalue weighted by Gasteiger charge is 2.31. The van der Waals surface area contributed by atoms with Gasteiger partial charge in [-0.05, 0) is 6.92 Å². The first kappa shape index (κ1) is 9.67. The molecule has 2 heterocycles. The molecule has 5 nitrogen and oxygen atoms in total. The lowest BCUT2D eigenvalue weighted by Crippen LogP contribution is -2.43. The monoisotopic (exact) mass is 216 g/mol. The van der Waals surface area contributed by atoms with Crippen molar-refractivity contribution in [3.63, 3.8) is 0 Å². The number of aliphatic imine (C=N–C) groups is 1. The fourth-order valence-corrected chi connectivity index (χ4v) is 2.63. The largest absolute Gasteiger partial charge is 0.378 e. The maximum absolute atomic E-state index is 11.7. The maximum atomic E-state index is 11.7. The summed E-state index contributed by atoms with van der Waals surface area (Å²) in [6, 6.07) is 0. The lowest BCUT2D eigenvalue weighted by Gasteiger charge is -2.27. The Labute approximate surface area is 83.0 Å². The normalized spacial score (nSPS) is 25.9. The second kappa shape index (κ2) is 3.36. The second-order valence-electron chi connectivity index (χ2n) is 3.25. The summed E-state index contributed by atoms with van der Waals surface area (Å²) in [5.41, 5.74) is 0. The highest BCUT2D eigenvalue weighted by atomic mass is 32.2. The Kier molecular flexibility index (Phi) is 2.32. The summed E-state index contributed by atoms with van der Waals surface area (Å²) in [6.45, 7) is 3.88. The minimum atomic E-state index is -3.28. The van der Waals surface area contributed by atoms with Crippen LogP contribution in [0.3, 0.4) is 0 Å². The van der Waals surface area contributed by atoms with E-state index in [1.807, 2.05) is 0 Å². The Morgan fingerprint density at radius 1 is 1.43 bits per heavy atom. The quantitative estimate of drug-likeness (QED) is 0.570. The number of sulfone groups is 1. The molecule has 0 amide bonds. The molecule has 0 radical (unpaired) electrons. The molecule has 0 bridgehead atoms. The van der Waals surface area contributed by atoms with Crippen molar-refractivity contribution in [3.8, 4) is 0 Å². The van der Waals surface area contributed by atoms with Crippen LogP contribution in [0.15, 0.2) is 16.1 Å². The Hall–Kier alpha value is -0.880. The molecule has 1 fully saturated rings. The first-order valence-electron chi connectivity index (χ1n) is 4.45. The van der Waals surface area contributed by atoms with Gasteiger partial charge in [0.2, 0.25) is 15.0 Å². The van der Waals surface area contributed by atoms with Crippen LogP contribution in [-0.2, 0) is 14.6 Å². The van der Waals surface area contributed by atoms with Gasteiger partial charge in [0, 0.05) is 19.3 Å². The number of amidine groups is 1. The number of allylic oxidation sites excluding steroid dienone is 1. The van der Waals surface area contributed by atoms with E-state index in [-0.39, 0.29) is 5.17 Å². The lowest BCUT2D eigenvalue weighted by atomic mass is 10.5. The first-order valence-corrected chi connectivity index (χ1v) is 5.93. The number of morpholine rings is 1. The van der Waals surface area contributed by atoms with Crippen molar-refractivity contribution in [2.45, 2.75) is 6.92 Å². The SMILES string of the molecule is CC1=CN=C(N2CCOCC2)S1(=O)=O. The molecule has 0 atom stereocenters. The van der Waals surface area contributed by atoms with Crippen molar-refractivity contribution in [2.24, 2.45) is 4.99 Å². The van der Waals surface area contributed by atoms with Gasteiger partial charge < -0.3 is 9.64 Å². The van der Waals surface area contributed by atoms with E-state index in [4.69, 9.17) is 4.74 Å². The standard InChI is InChI=1S/C8H12N2O3S/c1-7-6-9-8(14(7,11)12)10-2-4-13-5-3-10/h6H,2-5H2,1H3. The average molecular weight is 216 g/mol. The van der Waals surface area contributed by atoms with Crippen LogP contribution in [0.25, 0.3) is 0 Å². The van der Waals surface area contributed by atoms with E-state index >= 15 is 0 Å². The van der Waals surface area contributed by atoms with Gasteiger partial charge >= 0.3 is 0 Å². The number of hydrogen-bond donors (Lipinski definition) is 0. The van der Waals surface area contributed by atoms with Gasteiger partial charge in [0.25, 0.3) is 0 Å². The molecule has 0 N–H and O–H groups in total. The molecular formula is C8H12N2O3S. The zero-order chi connectivity index (χ0) is 10.2. The summed E-state index contributed by atoms with van der Waals surface area (Å²) < 4.78 is 28.6. The molecule has 0 aromatic rings. The number of nitrogens with zero attached hydrogens (tertiary/aromatic N) is 2. The van der Waals surface area contributed by atoms with Crippen molar-refractivity contribution in [1.29, 1.82) is 0 Å². The Balaban J connectivity index is 2.22. The van der Waals surface area contributed by atoms with Crippen LogP contribution < -0.4 is 0 Å². The van der Waals surface area contributed by atoms with E-state index in [0.717, 1.165) is 0 Å². The van der Waals surface area contributed by atoms with Crippen LogP contribution in [0.4, 0.5) is 0 Å². The highest BCUT2D eigenvalue weighted by Crippen LogP contribution is 2.19. The van der Waals surface area contributed by atoms with Crippen molar-refractivity contribution in [3.05, 3.63) is 11.1 Å². The van der Waals surface area contributed by atoms with Crippen LogP contribution in [-0.4, -0.2) is 44.8 Å². The second-order valence-corrected chi connectivity index (χ2v) is 5.27. The molecule has 0 saturated carbocycles. The first-order chi connectivity index (χ1) is 6.62. The van der Waals surface area contributed by atoms with Gasteiger partial charge in [-0.2, -0.15) is 0 Å². The van der Waals surface area contributed by atoms with Crippen LogP contribution in [0.1, 0.15) is 6.92 Å². The third-order valence-electron chi connectivity index (χ3n) is 2.30. The van der Waals surface area contributed by atoms with E-state index < -0.39 is 9.84 Å². The molecule has 0 aromatic carbocycles. The van der Waals surface area contributed by atoms with E-state index in [0.29, 0.717) is 31.2 Å². The van der Waals surface area contributed by atoms with E-state index in [2.05, 4.69) is 4.99 Å². The minimum absolute atomic E-state index is 0.179. The van der Waals surface area contributed by atoms with Crippen molar-refractivity contribution in [1.82, 2.24) is 4.90 Å². The third-order valence-corrected chi connectivity index (χ3v) is 4.10. The topological polar surface area (TPSA) is 59.0 Å². The van der Waals surface area contributed by atoms with Gasteiger partial charge in [-0.1, -0.05) is 0 Å². The molecule has 0 aliphatic carbocycles. The smallest absolute Gasteiger partial charge is 0.237 e. The minimum Gasteiger partial charge on any atom is -0.378 e. The molecule has 0 unspecified atom stereocenters. The molecule has 14 heavy (non-hydrogen) atoms. The number of rotatable bonds is 0. The lowest BCUT2D eigenvalue weighted by molar-refractivity contribution is 0.0692. The van der Waals surface area contributed by atoms with Gasteiger partial charge in [-0.15, -0.1) is 0 Å².